The molecular weight excluding hydrogens is 949 g/mol. The van der Waals surface area contributed by atoms with Gasteiger partial charge in [0, 0.05) is 19.3 Å². The second kappa shape index (κ2) is 65.1. The average Bonchev–Trinajstić information content (AvgIpc) is 3.43. The summed E-state index contributed by atoms with van der Waals surface area (Å²) in [5.41, 5.74) is 0. The normalized spacial score (nSPS) is 12.6. The number of ether oxygens (including phenoxy) is 3. The van der Waals surface area contributed by atoms with Gasteiger partial charge in [0.05, 0.1) is 0 Å². The predicted molar refractivity (Wildman–Crippen MR) is 334 cm³/mol. The molecule has 6 nitrogen and oxygen atoms in total. The number of carbonyl (C=O) groups excluding carboxylic acids is 3. The van der Waals surface area contributed by atoms with Gasteiger partial charge < -0.3 is 14.2 Å². The van der Waals surface area contributed by atoms with Crippen LogP contribution in [0.1, 0.15) is 329 Å². The molecule has 1 atom stereocenters. The van der Waals surface area contributed by atoms with Gasteiger partial charge in [-0.1, -0.05) is 311 Å². The summed E-state index contributed by atoms with van der Waals surface area (Å²) in [5.74, 6) is -0.969. The second-order valence-corrected chi connectivity index (χ2v) is 22.0. The van der Waals surface area contributed by atoms with Gasteiger partial charge in [-0.3, -0.25) is 14.4 Å². The first-order chi connectivity index (χ1) is 38.0. The number of allylic oxidation sites excluding steroid dienone is 14. The van der Waals surface area contributed by atoms with Crippen molar-refractivity contribution in [3.05, 3.63) is 85.1 Å². The Morgan fingerprint density at radius 1 is 0.273 bits per heavy atom. The van der Waals surface area contributed by atoms with Crippen LogP contribution in [0.4, 0.5) is 0 Å². The Bertz CT molecular complexity index is 1470. The minimum atomic E-state index is -0.808. The van der Waals surface area contributed by atoms with Crippen LogP contribution in [0.15, 0.2) is 85.1 Å². The maximum absolute atomic E-state index is 12.9. The molecule has 0 saturated carbocycles. The molecule has 0 bridgehead atoms. The highest BCUT2D eigenvalue weighted by molar-refractivity contribution is 5.71. The fraction of sp³-hybridized carbons (Fsp3) is 0.761. The maximum Gasteiger partial charge on any atom is 0.306 e. The Balaban J connectivity index is 4.44. The van der Waals surface area contributed by atoms with Crippen molar-refractivity contribution in [2.75, 3.05) is 13.2 Å². The highest BCUT2D eigenvalue weighted by Gasteiger charge is 2.19. The zero-order valence-corrected chi connectivity index (χ0v) is 51.0. The number of rotatable bonds is 60. The molecule has 444 valence electrons. The lowest BCUT2D eigenvalue weighted by atomic mass is 10.0. The van der Waals surface area contributed by atoms with E-state index < -0.39 is 6.10 Å². The van der Waals surface area contributed by atoms with Crippen molar-refractivity contribution >= 4 is 17.9 Å². The summed E-state index contributed by atoms with van der Waals surface area (Å²) in [6.07, 6.45) is 86.1. The van der Waals surface area contributed by atoms with Crippen LogP contribution in [-0.2, 0) is 28.6 Å². The summed E-state index contributed by atoms with van der Waals surface area (Å²) in [6.45, 7) is 6.51. The molecule has 77 heavy (non-hydrogen) atoms. The van der Waals surface area contributed by atoms with Crippen LogP contribution in [0.25, 0.3) is 0 Å². The molecule has 0 amide bonds. The number of esters is 3. The summed E-state index contributed by atoms with van der Waals surface area (Å²) in [4.78, 5) is 38.4. The third-order valence-corrected chi connectivity index (χ3v) is 14.4. The van der Waals surface area contributed by atoms with Crippen LogP contribution in [0.2, 0.25) is 0 Å². The average molecular weight is 1070 g/mol. The molecule has 0 saturated heterocycles. The van der Waals surface area contributed by atoms with Gasteiger partial charge in [0.2, 0.25) is 0 Å². The molecule has 0 aromatic carbocycles. The zero-order chi connectivity index (χ0) is 55.7. The quantitative estimate of drug-likeness (QED) is 0.0261. The van der Waals surface area contributed by atoms with Crippen molar-refractivity contribution < 1.29 is 28.6 Å². The summed E-state index contributed by atoms with van der Waals surface area (Å²) in [6, 6.07) is 0. The van der Waals surface area contributed by atoms with Gasteiger partial charge in [-0.05, 0) is 83.5 Å². The molecule has 0 heterocycles. The van der Waals surface area contributed by atoms with E-state index in [1.807, 2.05) is 6.08 Å². The van der Waals surface area contributed by atoms with Gasteiger partial charge in [-0.2, -0.15) is 0 Å². The SMILES string of the molecule is CC/C=C\C/C=C\C/C=C\C/C=C\C/C=C\C/C=C\CCC(=O)OC[C@H](COC(=O)CCCCCCCCCCCCCCCCCCCCC)OC(=O)CCCCCCCCCCCCC/C=C\CCCCCCCC. The topological polar surface area (TPSA) is 78.9 Å². The molecule has 0 radical (unpaired) electrons. The molecule has 0 fully saturated rings. The first-order valence-electron chi connectivity index (χ1n) is 33.1. The lowest BCUT2D eigenvalue weighted by Crippen LogP contribution is -2.30. The highest BCUT2D eigenvalue weighted by atomic mass is 16.6. The Hall–Kier alpha value is -3.41. The largest absolute Gasteiger partial charge is 0.462 e. The summed E-state index contributed by atoms with van der Waals surface area (Å²) < 4.78 is 16.9. The molecule has 0 aliphatic rings. The van der Waals surface area contributed by atoms with Gasteiger partial charge in [-0.25, -0.2) is 0 Å². The minimum absolute atomic E-state index is 0.0967. The van der Waals surface area contributed by atoms with E-state index in [0.717, 1.165) is 77.0 Å². The Kier molecular flexibility index (Phi) is 62.2. The first-order valence-corrected chi connectivity index (χ1v) is 33.1. The van der Waals surface area contributed by atoms with E-state index in [0.29, 0.717) is 19.3 Å². The summed E-state index contributed by atoms with van der Waals surface area (Å²) in [5, 5.41) is 0. The van der Waals surface area contributed by atoms with Gasteiger partial charge in [0.15, 0.2) is 6.10 Å². The highest BCUT2D eigenvalue weighted by Crippen LogP contribution is 2.17. The molecular formula is C71H124O6. The van der Waals surface area contributed by atoms with Crippen molar-refractivity contribution in [1.29, 1.82) is 0 Å². The lowest BCUT2D eigenvalue weighted by molar-refractivity contribution is -0.166. The van der Waals surface area contributed by atoms with Crippen molar-refractivity contribution in [2.24, 2.45) is 0 Å². The smallest absolute Gasteiger partial charge is 0.306 e. The molecule has 0 rings (SSSR count). The molecule has 0 aromatic rings. The van der Waals surface area contributed by atoms with Gasteiger partial charge in [0.25, 0.3) is 0 Å². The molecule has 0 aliphatic carbocycles. The van der Waals surface area contributed by atoms with Crippen LogP contribution in [0.5, 0.6) is 0 Å². The Labute approximate surface area is 477 Å². The fourth-order valence-electron chi connectivity index (χ4n) is 9.47. The fourth-order valence-corrected chi connectivity index (χ4v) is 9.47. The van der Waals surface area contributed by atoms with Crippen LogP contribution >= 0.6 is 0 Å². The molecule has 0 unspecified atom stereocenters. The Morgan fingerprint density at radius 2 is 0.532 bits per heavy atom. The monoisotopic (exact) mass is 1070 g/mol. The number of unbranched alkanes of at least 4 members (excludes halogenated alkanes) is 35. The second-order valence-electron chi connectivity index (χ2n) is 22.0. The number of hydrogen-bond acceptors (Lipinski definition) is 6. The van der Waals surface area contributed by atoms with Gasteiger partial charge >= 0.3 is 17.9 Å². The number of hydrogen-bond donors (Lipinski definition) is 0. The molecule has 0 aliphatic heterocycles. The molecule has 0 spiro atoms. The lowest BCUT2D eigenvalue weighted by Gasteiger charge is -2.18. The van der Waals surface area contributed by atoms with Crippen LogP contribution in [0.3, 0.4) is 0 Å². The Morgan fingerprint density at radius 3 is 0.870 bits per heavy atom. The van der Waals surface area contributed by atoms with Gasteiger partial charge in [-0.15, -0.1) is 0 Å². The maximum atomic E-state index is 12.9. The van der Waals surface area contributed by atoms with E-state index >= 15 is 0 Å². The van der Waals surface area contributed by atoms with Crippen LogP contribution in [0, 0.1) is 0 Å². The van der Waals surface area contributed by atoms with E-state index in [1.165, 1.54) is 205 Å². The summed E-state index contributed by atoms with van der Waals surface area (Å²) in [7, 11) is 0. The summed E-state index contributed by atoms with van der Waals surface area (Å²) >= 11 is 0. The predicted octanol–water partition coefficient (Wildman–Crippen LogP) is 22.7. The van der Waals surface area contributed by atoms with Crippen molar-refractivity contribution in [1.82, 2.24) is 0 Å². The van der Waals surface area contributed by atoms with Crippen LogP contribution < -0.4 is 0 Å². The van der Waals surface area contributed by atoms with Crippen molar-refractivity contribution in [3.63, 3.8) is 0 Å². The first kappa shape index (κ1) is 73.6. The standard InChI is InChI=1S/C71H124O6/c1-4-7-10-13-16-19-22-25-28-31-34-35-38-41-44-47-50-53-56-59-62-65-71(74)77-68(66-75-69(72)63-60-57-54-51-48-45-42-39-36-32-29-26-23-20-17-14-11-8-5-2)67-76-70(73)64-61-58-55-52-49-46-43-40-37-33-30-27-24-21-18-15-12-9-6-3/h8,11,17,20,25-26,28-29,36,39,45,48,54,57,68H,4-7,9-10,12-16,18-19,21-24,27,30-35,37-38,40-44,46-47,49-53,55-56,58-67H2,1-3H3/b11-8-,20-17-,28-25-,29-26-,39-36-,48-45-,57-54-/t68-/m1/s1. The minimum Gasteiger partial charge on any atom is -0.462 e. The van der Waals surface area contributed by atoms with E-state index in [9.17, 15) is 14.4 Å². The van der Waals surface area contributed by atoms with E-state index in [4.69, 9.17) is 14.2 Å². The van der Waals surface area contributed by atoms with E-state index in [2.05, 4.69) is 99.8 Å². The van der Waals surface area contributed by atoms with Gasteiger partial charge in [0.1, 0.15) is 13.2 Å². The van der Waals surface area contributed by atoms with Crippen LogP contribution in [-0.4, -0.2) is 37.2 Å². The number of carbonyl (C=O) groups is 3. The van der Waals surface area contributed by atoms with E-state index in [-0.39, 0.29) is 37.5 Å². The van der Waals surface area contributed by atoms with E-state index in [1.54, 1.807) is 0 Å². The van der Waals surface area contributed by atoms with Crippen molar-refractivity contribution in [3.8, 4) is 0 Å². The molecule has 6 heteroatoms. The third kappa shape index (κ3) is 63.3. The third-order valence-electron chi connectivity index (χ3n) is 14.4. The molecule has 0 aromatic heterocycles. The zero-order valence-electron chi connectivity index (χ0n) is 51.0. The van der Waals surface area contributed by atoms with Crippen molar-refractivity contribution in [2.45, 2.75) is 335 Å². The molecule has 0 N–H and O–H groups in total.